The highest BCUT2D eigenvalue weighted by Crippen LogP contribution is 2.32. The lowest BCUT2D eigenvalue weighted by Crippen LogP contribution is -2.48. The first-order valence-corrected chi connectivity index (χ1v) is 8.09. The summed E-state index contributed by atoms with van der Waals surface area (Å²) in [5, 5.41) is 0. The van der Waals surface area contributed by atoms with Crippen LogP contribution in [0.5, 0.6) is 0 Å². The van der Waals surface area contributed by atoms with Crippen molar-refractivity contribution < 1.29 is 4.79 Å². The molecule has 3 heteroatoms. The molecule has 1 aliphatic heterocycles. The van der Waals surface area contributed by atoms with Crippen LogP contribution in [0, 0.1) is 11.3 Å². The van der Waals surface area contributed by atoms with Crippen molar-refractivity contribution in [2.75, 3.05) is 19.6 Å². The third kappa shape index (κ3) is 4.20. The molecule has 1 unspecified atom stereocenters. The lowest BCUT2D eigenvalue weighted by atomic mass is 9.78. The normalized spacial score (nSPS) is 21.3. The quantitative estimate of drug-likeness (QED) is 0.804. The molecule has 1 heterocycles. The number of carbonyl (C=O) groups is 1. The van der Waals surface area contributed by atoms with Crippen molar-refractivity contribution in [1.82, 2.24) is 4.90 Å². The Morgan fingerprint density at radius 3 is 2.37 bits per heavy atom. The Kier molecular flexibility index (Phi) is 6.84. The second-order valence-corrected chi connectivity index (χ2v) is 6.31. The van der Waals surface area contributed by atoms with Gasteiger partial charge in [0.25, 0.3) is 0 Å². The van der Waals surface area contributed by atoms with Gasteiger partial charge in [-0.2, -0.15) is 0 Å². The van der Waals surface area contributed by atoms with Gasteiger partial charge in [0.05, 0.1) is 5.41 Å². The Labute approximate surface area is 118 Å². The molecular weight excluding hydrogens is 236 g/mol. The van der Waals surface area contributed by atoms with Gasteiger partial charge < -0.3 is 10.6 Å². The molecule has 1 rings (SSSR count). The van der Waals surface area contributed by atoms with Crippen molar-refractivity contribution in [3.05, 3.63) is 0 Å². The molecule has 0 bridgehead atoms. The van der Waals surface area contributed by atoms with Crippen molar-refractivity contribution >= 4 is 5.91 Å². The fourth-order valence-electron chi connectivity index (χ4n) is 3.39. The molecule has 0 spiro atoms. The van der Waals surface area contributed by atoms with Gasteiger partial charge in [0, 0.05) is 19.6 Å². The van der Waals surface area contributed by atoms with Crippen molar-refractivity contribution in [3.63, 3.8) is 0 Å². The number of hydrogen-bond acceptors (Lipinski definition) is 2. The molecule has 1 atom stereocenters. The molecule has 1 aliphatic rings. The number of amides is 1. The lowest BCUT2D eigenvalue weighted by Gasteiger charge is -2.36. The van der Waals surface area contributed by atoms with E-state index in [-0.39, 0.29) is 5.41 Å². The van der Waals surface area contributed by atoms with Crippen LogP contribution >= 0.6 is 0 Å². The summed E-state index contributed by atoms with van der Waals surface area (Å²) in [6.45, 7) is 8.95. The highest BCUT2D eigenvalue weighted by atomic mass is 16.2. The van der Waals surface area contributed by atoms with Gasteiger partial charge in [-0.25, -0.2) is 0 Å². The minimum absolute atomic E-state index is 0.295. The first-order valence-electron chi connectivity index (χ1n) is 8.09. The molecule has 2 N–H and O–H groups in total. The van der Waals surface area contributed by atoms with Gasteiger partial charge in [-0.1, -0.05) is 33.6 Å². The van der Waals surface area contributed by atoms with Crippen molar-refractivity contribution in [2.45, 2.75) is 65.7 Å². The Morgan fingerprint density at radius 1 is 1.21 bits per heavy atom. The van der Waals surface area contributed by atoms with Gasteiger partial charge in [-0.15, -0.1) is 0 Å². The summed E-state index contributed by atoms with van der Waals surface area (Å²) in [6, 6.07) is 0. The fourth-order valence-corrected chi connectivity index (χ4v) is 3.39. The van der Waals surface area contributed by atoms with E-state index >= 15 is 0 Å². The SMILES string of the molecule is CCCC(CN)(CCC)C(=O)N1CCCC(C)CC1. The molecule has 0 radical (unpaired) electrons. The van der Waals surface area contributed by atoms with E-state index in [1.807, 2.05) is 0 Å². The standard InChI is InChI=1S/C16H32N2O/c1-4-9-16(13-17,10-5-2)15(19)18-11-6-7-14(3)8-12-18/h14H,4-13,17H2,1-3H3. The molecule has 19 heavy (non-hydrogen) atoms. The van der Waals surface area contributed by atoms with E-state index in [0.29, 0.717) is 12.5 Å². The first kappa shape index (κ1) is 16.5. The maximum absolute atomic E-state index is 12.9. The molecule has 0 saturated carbocycles. The average molecular weight is 268 g/mol. The third-order valence-corrected chi connectivity index (χ3v) is 4.61. The second-order valence-electron chi connectivity index (χ2n) is 6.31. The number of nitrogens with two attached hydrogens (primary N) is 1. The molecule has 3 nitrogen and oxygen atoms in total. The smallest absolute Gasteiger partial charge is 0.230 e. The molecule has 0 aromatic rings. The molecule has 1 fully saturated rings. The van der Waals surface area contributed by atoms with Gasteiger partial charge in [0.2, 0.25) is 5.91 Å². The summed E-state index contributed by atoms with van der Waals surface area (Å²) < 4.78 is 0. The van der Waals surface area contributed by atoms with Crippen LogP contribution in [-0.2, 0) is 4.79 Å². The van der Waals surface area contributed by atoms with Crippen LogP contribution in [-0.4, -0.2) is 30.4 Å². The number of nitrogens with zero attached hydrogens (tertiary/aromatic N) is 1. The van der Waals surface area contributed by atoms with Crippen LogP contribution in [0.25, 0.3) is 0 Å². The van der Waals surface area contributed by atoms with E-state index in [1.165, 1.54) is 6.42 Å². The Morgan fingerprint density at radius 2 is 1.84 bits per heavy atom. The fraction of sp³-hybridized carbons (Fsp3) is 0.938. The van der Waals surface area contributed by atoms with Crippen LogP contribution in [0.2, 0.25) is 0 Å². The van der Waals surface area contributed by atoms with E-state index < -0.39 is 0 Å². The Bertz CT molecular complexity index is 272. The molecule has 1 saturated heterocycles. The minimum atomic E-state index is -0.295. The molecule has 1 amide bonds. The highest BCUT2D eigenvalue weighted by Gasteiger charge is 2.38. The molecule has 112 valence electrons. The summed E-state index contributed by atoms with van der Waals surface area (Å²) in [4.78, 5) is 15.0. The molecular formula is C16H32N2O. The summed E-state index contributed by atoms with van der Waals surface area (Å²) in [7, 11) is 0. The van der Waals surface area contributed by atoms with Crippen molar-refractivity contribution in [3.8, 4) is 0 Å². The van der Waals surface area contributed by atoms with E-state index in [4.69, 9.17) is 5.73 Å². The van der Waals surface area contributed by atoms with Gasteiger partial charge in [0.1, 0.15) is 0 Å². The largest absolute Gasteiger partial charge is 0.342 e. The van der Waals surface area contributed by atoms with Gasteiger partial charge in [0.15, 0.2) is 0 Å². The van der Waals surface area contributed by atoms with E-state index in [2.05, 4.69) is 25.7 Å². The number of hydrogen-bond donors (Lipinski definition) is 1. The zero-order valence-electron chi connectivity index (χ0n) is 13.1. The summed E-state index contributed by atoms with van der Waals surface area (Å²) in [5.74, 6) is 1.08. The number of rotatable bonds is 6. The third-order valence-electron chi connectivity index (χ3n) is 4.61. The maximum Gasteiger partial charge on any atom is 0.230 e. The lowest BCUT2D eigenvalue weighted by molar-refractivity contribution is -0.142. The zero-order chi connectivity index (χ0) is 14.3. The van der Waals surface area contributed by atoms with Crippen LogP contribution in [0.15, 0.2) is 0 Å². The van der Waals surface area contributed by atoms with Crippen molar-refractivity contribution in [2.24, 2.45) is 17.1 Å². The van der Waals surface area contributed by atoms with E-state index in [1.54, 1.807) is 0 Å². The van der Waals surface area contributed by atoms with E-state index in [9.17, 15) is 4.79 Å². The first-order chi connectivity index (χ1) is 9.09. The zero-order valence-corrected chi connectivity index (χ0v) is 13.1. The maximum atomic E-state index is 12.9. The summed E-state index contributed by atoms with van der Waals surface area (Å²) >= 11 is 0. The summed E-state index contributed by atoms with van der Waals surface area (Å²) in [6.07, 6.45) is 7.47. The topological polar surface area (TPSA) is 46.3 Å². The summed E-state index contributed by atoms with van der Waals surface area (Å²) in [5.41, 5.74) is 5.71. The van der Waals surface area contributed by atoms with Crippen molar-refractivity contribution in [1.29, 1.82) is 0 Å². The molecule has 0 aliphatic carbocycles. The predicted octanol–water partition coefficient (Wildman–Crippen LogP) is 3.18. The van der Waals surface area contributed by atoms with Crippen LogP contribution in [0.3, 0.4) is 0 Å². The van der Waals surface area contributed by atoms with Gasteiger partial charge >= 0.3 is 0 Å². The van der Waals surface area contributed by atoms with Crippen LogP contribution < -0.4 is 5.73 Å². The minimum Gasteiger partial charge on any atom is -0.342 e. The van der Waals surface area contributed by atoms with Gasteiger partial charge in [-0.3, -0.25) is 4.79 Å². The van der Waals surface area contributed by atoms with Crippen LogP contribution in [0.4, 0.5) is 0 Å². The van der Waals surface area contributed by atoms with Gasteiger partial charge in [-0.05, 0) is 38.0 Å². The van der Waals surface area contributed by atoms with Crippen LogP contribution in [0.1, 0.15) is 65.7 Å². The molecule has 0 aromatic carbocycles. The molecule has 0 aromatic heterocycles. The Hall–Kier alpha value is -0.570. The monoisotopic (exact) mass is 268 g/mol. The second kappa shape index (κ2) is 7.88. The highest BCUT2D eigenvalue weighted by molar-refractivity contribution is 5.83. The number of carbonyl (C=O) groups excluding carboxylic acids is 1. The number of likely N-dealkylation sites (tertiary alicyclic amines) is 1. The average Bonchev–Trinajstić information content (AvgIpc) is 2.62. The predicted molar refractivity (Wildman–Crippen MR) is 80.9 cm³/mol. The van der Waals surface area contributed by atoms with E-state index in [0.717, 1.165) is 57.5 Å². The Balaban J connectivity index is 2.79.